The van der Waals surface area contributed by atoms with Gasteiger partial charge in [-0.25, -0.2) is 0 Å². The molecule has 4 nitrogen and oxygen atoms in total. The van der Waals surface area contributed by atoms with Gasteiger partial charge in [-0.05, 0) is 25.8 Å². The highest BCUT2D eigenvalue weighted by Crippen LogP contribution is 2.18. The lowest BCUT2D eigenvalue weighted by Gasteiger charge is -2.30. The zero-order valence-corrected chi connectivity index (χ0v) is 9.37. The normalized spacial score (nSPS) is 22.6. The van der Waals surface area contributed by atoms with E-state index in [2.05, 4.69) is 0 Å². The zero-order valence-electron chi connectivity index (χ0n) is 9.37. The van der Waals surface area contributed by atoms with Gasteiger partial charge < -0.3 is 5.73 Å². The molecule has 0 radical (unpaired) electrons. The Morgan fingerprint density at radius 1 is 1.47 bits per heavy atom. The van der Waals surface area contributed by atoms with E-state index in [1.165, 1.54) is 0 Å². The van der Waals surface area contributed by atoms with Crippen LogP contribution in [0.25, 0.3) is 0 Å². The van der Waals surface area contributed by atoms with Crippen LogP contribution in [0.3, 0.4) is 0 Å². The summed E-state index contributed by atoms with van der Waals surface area (Å²) in [5.41, 5.74) is 5.14. The smallest absolute Gasteiger partial charge is 0.231 e. The average molecular weight is 212 g/mol. The highest BCUT2D eigenvalue weighted by Gasteiger charge is 2.25. The molecular formula is C11H20N2O2. The van der Waals surface area contributed by atoms with Crippen molar-refractivity contribution in [1.82, 2.24) is 4.90 Å². The summed E-state index contributed by atoms with van der Waals surface area (Å²) in [5.74, 6) is 0.156. The molecule has 0 aromatic heterocycles. The molecule has 1 aliphatic heterocycles. The molecule has 86 valence electrons. The molecule has 2 N–H and O–H groups in total. The molecule has 15 heavy (non-hydrogen) atoms. The number of Topliss-reactive ketones (excluding diaryl/α,β-unsaturated/α-hetero) is 1. The van der Waals surface area contributed by atoms with Gasteiger partial charge in [0.25, 0.3) is 0 Å². The Bertz CT molecular complexity index is 241. The lowest BCUT2D eigenvalue weighted by molar-refractivity contribution is -0.126. The van der Waals surface area contributed by atoms with Crippen LogP contribution in [0.2, 0.25) is 0 Å². The van der Waals surface area contributed by atoms with Crippen molar-refractivity contribution in [1.29, 1.82) is 0 Å². The summed E-state index contributed by atoms with van der Waals surface area (Å²) < 4.78 is 0. The SMILES string of the molecule is CCCC(=O)C1CCCN(CC(N)=O)C1. The Morgan fingerprint density at radius 2 is 2.20 bits per heavy atom. The zero-order chi connectivity index (χ0) is 11.3. The fourth-order valence-electron chi connectivity index (χ4n) is 2.13. The number of primary amides is 1. The largest absolute Gasteiger partial charge is 0.369 e. The Balaban J connectivity index is 2.41. The number of hydrogen-bond donors (Lipinski definition) is 1. The molecule has 0 saturated carbocycles. The predicted molar refractivity (Wildman–Crippen MR) is 58.3 cm³/mol. The van der Waals surface area contributed by atoms with E-state index in [9.17, 15) is 9.59 Å². The fourth-order valence-corrected chi connectivity index (χ4v) is 2.13. The number of carbonyl (C=O) groups excluding carboxylic acids is 2. The minimum atomic E-state index is -0.307. The minimum Gasteiger partial charge on any atom is -0.369 e. The number of piperidine rings is 1. The van der Waals surface area contributed by atoms with Crippen LogP contribution < -0.4 is 5.73 Å². The first-order valence-electron chi connectivity index (χ1n) is 5.66. The summed E-state index contributed by atoms with van der Waals surface area (Å²) in [6.45, 7) is 3.90. The third kappa shape index (κ3) is 4.00. The minimum absolute atomic E-state index is 0.123. The number of likely N-dealkylation sites (tertiary alicyclic amines) is 1. The molecule has 1 rings (SSSR count). The average Bonchev–Trinajstić information content (AvgIpc) is 2.17. The lowest BCUT2D eigenvalue weighted by atomic mass is 9.91. The number of nitrogens with zero attached hydrogens (tertiary/aromatic N) is 1. The summed E-state index contributed by atoms with van der Waals surface area (Å²) in [5, 5.41) is 0. The van der Waals surface area contributed by atoms with Crippen LogP contribution in [0.1, 0.15) is 32.6 Å². The van der Waals surface area contributed by atoms with Crippen LogP contribution in [-0.4, -0.2) is 36.2 Å². The number of rotatable bonds is 5. The van der Waals surface area contributed by atoms with E-state index in [0.717, 1.165) is 25.8 Å². The molecular weight excluding hydrogens is 192 g/mol. The topological polar surface area (TPSA) is 63.4 Å². The Labute approximate surface area is 90.8 Å². The molecule has 0 aromatic rings. The van der Waals surface area contributed by atoms with Gasteiger partial charge in [-0.2, -0.15) is 0 Å². The van der Waals surface area contributed by atoms with Gasteiger partial charge >= 0.3 is 0 Å². The first-order chi connectivity index (χ1) is 7.13. The second-order valence-electron chi connectivity index (χ2n) is 4.26. The van der Waals surface area contributed by atoms with Crippen LogP contribution in [0.4, 0.5) is 0 Å². The maximum absolute atomic E-state index is 11.7. The maximum Gasteiger partial charge on any atom is 0.231 e. The summed E-state index contributed by atoms with van der Waals surface area (Å²) in [4.78, 5) is 24.4. The number of amides is 1. The summed E-state index contributed by atoms with van der Waals surface area (Å²) in [6.07, 6.45) is 3.53. The van der Waals surface area contributed by atoms with Crippen molar-refractivity contribution in [2.24, 2.45) is 11.7 Å². The number of nitrogens with two attached hydrogens (primary N) is 1. The maximum atomic E-state index is 11.7. The van der Waals surface area contributed by atoms with Crippen molar-refractivity contribution < 1.29 is 9.59 Å². The highest BCUT2D eigenvalue weighted by molar-refractivity contribution is 5.81. The van der Waals surface area contributed by atoms with E-state index in [4.69, 9.17) is 5.73 Å². The molecule has 0 spiro atoms. The molecule has 1 aliphatic rings. The third-order valence-corrected chi connectivity index (χ3v) is 2.84. The number of carbonyl (C=O) groups is 2. The van der Waals surface area contributed by atoms with E-state index < -0.39 is 0 Å². The first kappa shape index (κ1) is 12.2. The summed E-state index contributed by atoms with van der Waals surface area (Å²) in [6, 6.07) is 0. The van der Waals surface area contributed by atoms with E-state index in [-0.39, 0.29) is 18.4 Å². The van der Waals surface area contributed by atoms with Gasteiger partial charge in [0, 0.05) is 18.9 Å². The molecule has 0 aromatic carbocycles. The Morgan fingerprint density at radius 3 is 2.80 bits per heavy atom. The molecule has 4 heteroatoms. The molecule has 0 aliphatic carbocycles. The molecule has 0 bridgehead atoms. The van der Waals surface area contributed by atoms with Crippen LogP contribution in [0.15, 0.2) is 0 Å². The van der Waals surface area contributed by atoms with Crippen molar-refractivity contribution in [3.8, 4) is 0 Å². The lowest BCUT2D eigenvalue weighted by Crippen LogP contribution is -2.42. The summed E-state index contributed by atoms with van der Waals surface area (Å²) >= 11 is 0. The summed E-state index contributed by atoms with van der Waals surface area (Å²) in [7, 11) is 0. The number of hydrogen-bond acceptors (Lipinski definition) is 3. The van der Waals surface area contributed by atoms with E-state index >= 15 is 0 Å². The molecule has 1 amide bonds. The predicted octanol–water partition coefficient (Wildman–Crippen LogP) is 0.553. The molecule has 1 saturated heterocycles. The molecule has 1 heterocycles. The third-order valence-electron chi connectivity index (χ3n) is 2.84. The second-order valence-corrected chi connectivity index (χ2v) is 4.26. The molecule has 1 atom stereocenters. The Kier molecular flexibility index (Phi) is 4.75. The van der Waals surface area contributed by atoms with Gasteiger partial charge in [-0.15, -0.1) is 0 Å². The van der Waals surface area contributed by atoms with Gasteiger partial charge in [0.2, 0.25) is 5.91 Å². The van der Waals surface area contributed by atoms with Crippen molar-refractivity contribution in [2.45, 2.75) is 32.6 Å². The van der Waals surface area contributed by atoms with Crippen LogP contribution >= 0.6 is 0 Å². The standard InChI is InChI=1S/C11H20N2O2/c1-2-4-10(14)9-5-3-6-13(7-9)8-11(12)15/h9H,2-8H2,1H3,(H2,12,15). The van der Waals surface area contributed by atoms with Gasteiger partial charge in [-0.1, -0.05) is 6.92 Å². The van der Waals surface area contributed by atoms with Gasteiger partial charge in [0.1, 0.15) is 5.78 Å². The van der Waals surface area contributed by atoms with Crippen molar-refractivity contribution in [2.75, 3.05) is 19.6 Å². The van der Waals surface area contributed by atoms with Crippen molar-refractivity contribution >= 4 is 11.7 Å². The first-order valence-corrected chi connectivity index (χ1v) is 5.66. The Hall–Kier alpha value is -0.900. The fraction of sp³-hybridized carbons (Fsp3) is 0.818. The van der Waals surface area contributed by atoms with Gasteiger partial charge in [0.15, 0.2) is 0 Å². The van der Waals surface area contributed by atoms with E-state index in [1.54, 1.807) is 0 Å². The van der Waals surface area contributed by atoms with Crippen LogP contribution in [0.5, 0.6) is 0 Å². The number of ketones is 1. The highest BCUT2D eigenvalue weighted by atomic mass is 16.1. The van der Waals surface area contributed by atoms with Gasteiger partial charge in [0.05, 0.1) is 6.54 Å². The molecule has 1 unspecified atom stereocenters. The molecule has 1 fully saturated rings. The van der Waals surface area contributed by atoms with Crippen molar-refractivity contribution in [3.63, 3.8) is 0 Å². The van der Waals surface area contributed by atoms with E-state index in [1.807, 2.05) is 11.8 Å². The van der Waals surface area contributed by atoms with E-state index in [0.29, 0.717) is 18.7 Å². The van der Waals surface area contributed by atoms with Crippen LogP contribution in [-0.2, 0) is 9.59 Å². The monoisotopic (exact) mass is 212 g/mol. The van der Waals surface area contributed by atoms with Crippen LogP contribution in [0, 0.1) is 5.92 Å². The second kappa shape index (κ2) is 5.85. The van der Waals surface area contributed by atoms with Crippen molar-refractivity contribution in [3.05, 3.63) is 0 Å². The van der Waals surface area contributed by atoms with Gasteiger partial charge in [-0.3, -0.25) is 14.5 Å². The quantitative estimate of drug-likeness (QED) is 0.724.